The van der Waals surface area contributed by atoms with E-state index < -0.39 is 0 Å². The second-order valence-corrected chi connectivity index (χ2v) is 7.60. The summed E-state index contributed by atoms with van der Waals surface area (Å²) in [6, 6.07) is 9.22. The average Bonchev–Trinajstić information content (AvgIpc) is 3.20. The van der Waals surface area contributed by atoms with Crippen LogP contribution in [0.15, 0.2) is 45.8 Å². The molecule has 0 saturated carbocycles. The van der Waals surface area contributed by atoms with Gasteiger partial charge in [0.2, 0.25) is 17.2 Å². The van der Waals surface area contributed by atoms with E-state index in [1.807, 2.05) is 28.8 Å². The maximum atomic E-state index is 12.2. The summed E-state index contributed by atoms with van der Waals surface area (Å²) in [4.78, 5) is 27.4. The SMILES string of the molecule is O=c1cccc2n1CC1CC2CN(c2nc(Cl)nc(NCc3ccco3)n2)C1. The Morgan fingerprint density at radius 3 is 2.93 bits per heavy atom. The number of pyridine rings is 1. The van der Waals surface area contributed by atoms with Crippen molar-refractivity contribution in [3.63, 3.8) is 0 Å². The smallest absolute Gasteiger partial charge is 0.250 e. The first kappa shape index (κ1) is 17.2. The lowest BCUT2D eigenvalue weighted by Crippen LogP contribution is -2.47. The van der Waals surface area contributed by atoms with Gasteiger partial charge in [-0.25, -0.2) is 0 Å². The molecule has 0 radical (unpaired) electrons. The van der Waals surface area contributed by atoms with E-state index in [1.54, 1.807) is 12.3 Å². The number of hydrogen-bond acceptors (Lipinski definition) is 7. The number of nitrogens with one attached hydrogen (secondary N) is 1. The molecule has 5 rings (SSSR count). The number of piperidine rings is 1. The minimum Gasteiger partial charge on any atom is -0.467 e. The molecule has 1 fully saturated rings. The quantitative estimate of drug-likeness (QED) is 0.722. The molecule has 2 unspecified atom stereocenters. The molecule has 144 valence electrons. The molecule has 1 saturated heterocycles. The fraction of sp³-hybridized carbons (Fsp3) is 0.368. The highest BCUT2D eigenvalue weighted by atomic mass is 35.5. The van der Waals surface area contributed by atoms with Crippen LogP contribution in [0.4, 0.5) is 11.9 Å². The molecule has 2 aliphatic rings. The van der Waals surface area contributed by atoms with Gasteiger partial charge in [-0.1, -0.05) is 6.07 Å². The van der Waals surface area contributed by atoms with E-state index in [1.165, 1.54) is 0 Å². The molecule has 9 heteroatoms. The third kappa shape index (κ3) is 3.24. The first-order chi connectivity index (χ1) is 13.7. The van der Waals surface area contributed by atoms with Gasteiger partial charge in [0.05, 0.1) is 12.8 Å². The maximum Gasteiger partial charge on any atom is 0.250 e. The molecule has 1 N–H and O–H groups in total. The lowest BCUT2D eigenvalue weighted by Gasteiger charge is -2.42. The fourth-order valence-corrected chi connectivity index (χ4v) is 4.35. The average molecular weight is 399 g/mol. The number of fused-ring (bicyclic) bond motifs is 4. The number of nitrogens with zero attached hydrogens (tertiary/aromatic N) is 5. The Balaban J connectivity index is 1.39. The summed E-state index contributed by atoms with van der Waals surface area (Å²) in [6.45, 7) is 2.73. The molecular weight excluding hydrogens is 380 g/mol. The van der Waals surface area contributed by atoms with E-state index in [2.05, 4.69) is 25.2 Å². The summed E-state index contributed by atoms with van der Waals surface area (Å²) < 4.78 is 7.23. The Morgan fingerprint density at radius 1 is 1.14 bits per heavy atom. The zero-order chi connectivity index (χ0) is 19.1. The summed E-state index contributed by atoms with van der Waals surface area (Å²) in [5, 5.41) is 3.28. The van der Waals surface area contributed by atoms with Crippen molar-refractivity contribution in [3.05, 3.63) is 63.7 Å². The molecule has 2 bridgehead atoms. The summed E-state index contributed by atoms with van der Waals surface area (Å²) in [5.41, 5.74) is 1.16. The number of furan rings is 1. The van der Waals surface area contributed by atoms with Gasteiger partial charge in [0.1, 0.15) is 5.76 Å². The summed E-state index contributed by atoms with van der Waals surface area (Å²) in [7, 11) is 0. The van der Waals surface area contributed by atoms with Crippen molar-refractivity contribution >= 4 is 23.5 Å². The molecule has 5 heterocycles. The third-order valence-electron chi connectivity index (χ3n) is 5.36. The van der Waals surface area contributed by atoms with E-state index in [0.717, 1.165) is 37.5 Å². The minimum atomic E-state index is 0.0771. The largest absolute Gasteiger partial charge is 0.467 e. The Kier molecular flexibility index (Phi) is 4.27. The van der Waals surface area contributed by atoms with E-state index in [9.17, 15) is 4.79 Å². The van der Waals surface area contributed by atoms with Crippen molar-refractivity contribution in [1.82, 2.24) is 19.5 Å². The van der Waals surface area contributed by atoms with Gasteiger partial charge in [-0.3, -0.25) is 4.79 Å². The number of rotatable bonds is 4. The molecule has 28 heavy (non-hydrogen) atoms. The van der Waals surface area contributed by atoms with Crippen LogP contribution in [0.2, 0.25) is 5.28 Å². The fourth-order valence-electron chi connectivity index (χ4n) is 4.20. The minimum absolute atomic E-state index is 0.0771. The van der Waals surface area contributed by atoms with Crippen LogP contribution in [0.25, 0.3) is 0 Å². The van der Waals surface area contributed by atoms with Crippen LogP contribution >= 0.6 is 11.6 Å². The van der Waals surface area contributed by atoms with Crippen LogP contribution in [0.5, 0.6) is 0 Å². The van der Waals surface area contributed by atoms with Crippen molar-refractivity contribution < 1.29 is 4.42 Å². The predicted octanol–water partition coefficient (Wildman–Crippen LogP) is 2.52. The third-order valence-corrected chi connectivity index (χ3v) is 5.53. The molecule has 2 atom stereocenters. The van der Waals surface area contributed by atoms with Gasteiger partial charge in [0.25, 0.3) is 5.56 Å². The molecule has 2 aliphatic heterocycles. The normalized spacial score (nSPS) is 20.7. The summed E-state index contributed by atoms with van der Waals surface area (Å²) >= 11 is 6.15. The summed E-state index contributed by atoms with van der Waals surface area (Å²) in [5.74, 6) is 2.41. The van der Waals surface area contributed by atoms with Crippen molar-refractivity contribution in [2.45, 2.75) is 25.4 Å². The van der Waals surface area contributed by atoms with Gasteiger partial charge in [-0.15, -0.1) is 0 Å². The maximum absolute atomic E-state index is 12.2. The first-order valence-electron chi connectivity index (χ1n) is 9.28. The number of aromatic nitrogens is 4. The first-order valence-corrected chi connectivity index (χ1v) is 9.66. The van der Waals surface area contributed by atoms with Crippen molar-refractivity contribution in [1.29, 1.82) is 0 Å². The van der Waals surface area contributed by atoms with Gasteiger partial charge >= 0.3 is 0 Å². The second kappa shape index (κ2) is 6.94. The molecule has 8 nitrogen and oxygen atoms in total. The summed E-state index contributed by atoms with van der Waals surface area (Å²) in [6.07, 6.45) is 2.70. The lowest BCUT2D eigenvalue weighted by molar-refractivity contribution is 0.279. The zero-order valence-electron chi connectivity index (χ0n) is 15.1. The van der Waals surface area contributed by atoms with Crippen LogP contribution in [-0.4, -0.2) is 32.6 Å². The van der Waals surface area contributed by atoms with Gasteiger partial charge in [0.15, 0.2) is 0 Å². The van der Waals surface area contributed by atoms with Gasteiger partial charge in [-0.2, -0.15) is 15.0 Å². The highest BCUT2D eigenvalue weighted by Gasteiger charge is 2.35. The molecule has 0 amide bonds. The number of anilines is 2. The number of hydrogen-bond donors (Lipinski definition) is 1. The number of halogens is 1. The molecule has 3 aromatic rings. The zero-order valence-corrected chi connectivity index (χ0v) is 15.8. The molecule has 0 aromatic carbocycles. The van der Waals surface area contributed by atoms with Crippen molar-refractivity contribution in [3.8, 4) is 0 Å². The Labute approximate surface area is 166 Å². The predicted molar refractivity (Wildman–Crippen MR) is 105 cm³/mol. The van der Waals surface area contributed by atoms with E-state index in [-0.39, 0.29) is 16.8 Å². The van der Waals surface area contributed by atoms with Crippen LogP contribution in [0.1, 0.15) is 23.8 Å². The standard InChI is InChI=1S/C19H19ClN6O2/c20-17-22-18(21-8-14-3-2-6-28-14)24-19(23-17)25-9-12-7-13(11-25)15-4-1-5-16(27)26(15)10-12/h1-6,12-13H,7-11H2,(H,21,22,23,24). The van der Waals surface area contributed by atoms with E-state index in [0.29, 0.717) is 24.4 Å². The monoisotopic (exact) mass is 398 g/mol. The van der Waals surface area contributed by atoms with Crippen LogP contribution < -0.4 is 15.8 Å². The van der Waals surface area contributed by atoms with Gasteiger partial charge < -0.3 is 19.2 Å². The van der Waals surface area contributed by atoms with Crippen LogP contribution in [0, 0.1) is 5.92 Å². The van der Waals surface area contributed by atoms with Crippen molar-refractivity contribution in [2.75, 3.05) is 23.3 Å². The van der Waals surface area contributed by atoms with Gasteiger partial charge in [0, 0.05) is 37.3 Å². The molecular formula is C19H19ClN6O2. The lowest BCUT2D eigenvalue weighted by atomic mass is 9.83. The Morgan fingerprint density at radius 2 is 2.07 bits per heavy atom. The van der Waals surface area contributed by atoms with Crippen LogP contribution in [0.3, 0.4) is 0 Å². The topological polar surface area (TPSA) is 89.1 Å². The highest BCUT2D eigenvalue weighted by molar-refractivity contribution is 6.28. The van der Waals surface area contributed by atoms with Crippen LogP contribution in [-0.2, 0) is 13.1 Å². The van der Waals surface area contributed by atoms with Gasteiger partial charge in [-0.05, 0) is 42.1 Å². The molecule has 0 spiro atoms. The Bertz CT molecular complexity index is 1050. The molecule has 3 aromatic heterocycles. The van der Waals surface area contributed by atoms with E-state index in [4.69, 9.17) is 16.0 Å². The second-order valence-electron chi connectivity index (χ2n) is 7.26. The Hall–Kier alpha value is -2.87. The van der Waals surface area contributed by atoms with E-state index >= 15 is 0 Å². The highest BCUT2D eigenvalue weighted by Crippen LogP contribution is 2.36. The molecule has 0 aliphatic carbocycles. The van der Waals surface area contributed by atoms with Crippen molar-refractivity contribution in [2.24, 2.45) is 5.92 Å².